The Balaban J connectivity index is 1.88. The quantitative estimate of drug-likeness (QED) is 0.225. The molecule has 1 N–H and O–H groups in total. The molecular formula is C31H37BrClN3O4S. The molecule has 0 saturated carbocycles. The standard InChI is InChI=1S/C31H37BrClN3O4S/c1-4-19-34-31(38)29(21-24-10-6-5-7-11-24)35(22-25-15-17-26(32)18-16-25)30(37)14-9-20-36(41(3,39)40)28-13-8-12-27(33)23(28)2/h5-8,10-13,15-18,29H,4,9,14,19-22H2,1-3H3,(H,34,38). The Labute approximate surface area is 257 Å². The second-order valence-electron chi connectivity index (χ2n) is 9.97. The number of benzene rings is 3. The third kappa shape index (κ3) is 9.58. The van der Waals surface area contributed by atoms with Crippen molar-refractivity contribution in [3.05, 3.63) is 99.0 Å². The Kier molecular flexibility index (Phi) is 12.2. The van der Waals surface area contributed by atoms with E-state index in [2.05, 4.69) is 21.2 Å². The van der Waals surface area contributed by atoms with Gasteiger partial charge < -0.3 is 10.2 Å². The van der Waals surface area contributed by atoms with E-state index in [0.29, 0.717) is 29.2 Å². The van der Waals surface area contributed by atoms with Crippen LogP contribution < -0.4 is 9.62 Å². The van der Waals surface area contributed by atoms with Crippen LogP contribution in [0.15, 0.2) is 77.3 Å². The highest BCUT2D eigenvalue weighted by atomic mass is 79.9. The Bertz CT molecular complexity index is 1420. The van der Waals surface area contributed by atoms with Crippen LogP contribution in [0.3, 0.4) is 0 Å². The summed E-state index contributed by atoms with van der Waals surface area (Å²) in [5.41, 5.74) is 2.96. The number of nitrogens with zero attached hydrogens (tertiary/aromatic N) is 2. The summed E-state index contributed by atoms with van der Waals surface area (Å²) < 4.78 is 27.6. The fraction of sp³-hybridized carbons (Fsp3) is 0.355. The molecule has 0 spiro atoms. The van der Waals surface area contributed by atoms with Crippen molar-refractivity contribution in [2.45, 2.75) is 52.1 Å². The summed E-state index contributed by atoms with van der Waals surface area (Å²) in [6.07, 6.45) is 2.60. The van der Waals surface area contributed by atoms with Crippen molar-refractivity contribution in [1.82, 2.24) is 10.2 Å². The van der Waals surface area contributed by atoms with Crippen LogP contribution >= 0.6 is 27.5 Å². The highest BCUT2D eigenvalue weighted by Gasteiger charge is 2.30. The Morgan fingerprint density at radius 2 is 1.66 bits per heavy atom. The average Bonchev–Trinajstić information content (AvgIpc) is 2.94. The van der Waals surface area contributed by atoms with Crippen LogP contribution in [0, 0.1) is 6.92 Å². The molecule has 0 fully saturated rings. The number of hydrogen-bond donors (Lipinski definition) is 1. The molecule has 1 unspecified atom stereocenters. The minimum absolute atomic E-state index is 0.0640. The Hall–Kier alpha value is -2.88. The number of nitrogens with one attached hydrogen (secondary N) is 1. The van der Waals surface area contributed by atoms with Gasteiger partial charge >= 0.3 is 0 Å². The summed E-state index contributed by atoms with van der Waals surface area (Å²) >= 11 is 9.72. The number of hydrogen-bond acceptors (Lipinski definition) is 4. The van der Waals surface area contributed by atoms with E-state index < -0.39 is 16.1 Å². The molecule has 3 aromatic carbocycles. The van der Waals surface area contributed by atoms with Crippen LogP contribution in [0.25, 0.3) is 0 Å². The van der Waals surface area contributed by atoms with Crippen molar-refractivity contribution in [2.24, 2.45) is 0 Å². The van der Waals surface area contributed by atoms with Crippen LogP contribution in [0.1, 0.15) is 42.9 Å². The van der Waals surface area contributed by atoms with Gasteiger partial charge in [-0.15, -0.1) is 0 Å². The van der Waals surface area contributed by atoms with Gasteiger partial charge in [-0.25, -0.2) is 8.42 Å². The lowest BCUT2D eigenvalue weighted by Gasteiger charge is -2.32. The number of carbonyl (C=O) groups is 2. The Morgan fingerprint density at radius 1 is 0.976 bits per heavy atom. The number of anilines is 1. The first-order chi connectivity index (χ1) is 19.5. The van der Waals surface area contributed by atoms with Gasteiger partial charge in [0.1, 0.15) is 6.04 Å². The molecule has 0 bridgehead atoms. The molecule has 0 aliphatic rings. The minimum Gasteiger partial charge on any atom is -0.354 e. The van der Waals surface area contributed by atoms with Gasteiger partial charge in [0, 0.05) is 42.0 Å². The van der Waals surface area contributed by atoms with E-state index in [9.17, 15) is 18.0 Å². The molecule has 2 amide bonds. The van der Waals surface area contributed by atoms with Gasteiger partial charge in [0.2, 0.25) is 21.8 Å². The van der Waals surface area contributed by atoms with Gasteiger partial charge in [-0.1, -0.05) is 83.0 Å². The zero-order valence-corrected chi connectivity index (χ0v) is 26.8. The molecule has 3 aromatic rings. The van der Waals surface area contributed by atoms with E-state index in [-0.39, 0.29) is 37.7 Å². The van der Waals surface area contributed by atoms with Gasteiger partial charge in [-0.3, -0.25) is 13.9 Å². The first-order valence-electron chi connectivity index (χ1n) is 13.6. The van der Waals surface area contributed by atoms with Crippen molar-refractivity contribution < 1.29 is 18.0 Å². The van der Waals surface area contributed by atoms with Crippen molar-refractivity contribution in [3.63, 3.8) is 0 Å². The third-order valence-corrected chi connectivity index (χ3v) is 8.86. The molecule has 0 aliphatic heterocycles. The summed E-state index contributed by atoms with van der Waals surface area (Å²) in [4.78, 5) is 28.9. The van der Waals surface area contributed by atoms with Crippen molar-refractivity contribution in [2.75, 3.05) is 23.7 Å². The predicted molar refractivity (Wildman–Crippen MR) is 170 cm³/mol. The third-order valence-electron chi connectivity index (χ3n) is 6.75. The summed E-state index contributed by atoms with van der Waals surface area (Å²) in [7, 11) is -3.63. The van der Waals surface area contributed by atoms with Crippen LogP contribution in [-0.4, -0.2) is 50.5 Å². The lowest BCUT2D eigenvalue weighted by molar-refractivity contribution is -0.141. The molecule has 0 aromatic heterocycles. The minimum atomic E-state index is -3.63. The zero-order valence-electron chi connectivity index (χ0n) is 23.6. The molecule has 0 aliphatic carbocycles. The largest absolute Gasteiger partial charge is 0.354 e. The van der Waals surface area contributed by atoms with Gasteiger partial charge in [0.25, 0.3) is 0 Å². The molecule has 7 nitrogen and oxygen atoms in total. The molecule has 3 rings (SSSR count). The van der Waals surface area contributed by atoms with Gasteiger partial charge in [-0.05, 0) is 60.7 Å². The number of rotatable bonds is 14. The summed E-state index contributed by atoms with van der Waals surface area (Å²) in [5.74, 6) is -0.440. The SMILES string of the molecule is CCCNC(=O)C(Cc1ccccc1)N(Cc1ccc(Br)cc1)C(=O)CCCN(c1cccc(Cl)c1C)S(C)(=O)=O. The van der Waals surface area contributed by atoms with Crippen LogP contribution in [0.4, 0.5) is 5.69 Å². The molecule has 0 radical (unpaired) electrons. The number of sulfonamides is 1. The highest BCUT2D eigenvalue weighted by Crippen LogP contribution is 2.28. The van der Waals surface area contributed by atoms with Crippen molar-refractivity contribution in [3.8, 4) is 0 Å². The number of halogens is 2. The fourth-order valence-electron chi connectivity index (χ4n) is 4.56. The van der Waals surface area contributed by atoms with E-state index in [0.717, 1.165) is 28.3 Å². The molecule has 41 heavy (non-hydrogen) atoms. The first-order valence-corrected chi connectivity index (χ1v) is 16.6. The number of carbonyl (C=O) groups excluding carboxylic acids is 2. The monoisotopic (exact) mass is 661 g/mol. The molecule has 0 heterocycles. The number of amides is 2. The molecule has 1 atom stereocenters. The maximum Gasteiger partial charge on any atom is 0.243 e. The van der Waals surface area contributed by atoms with Crippen molar-refractivity contribution in [1.29, 1.82) is 0 Å². The zero-order chi connectivity index (χ0) is 30.0. The topological polar surface area (TPSA) is 86.8 Å². The molecule has 220 valence electrons. The fourth-order valence-corrected chi connectivity index (χ4v) is 6.00. The van der Waals surface area contributed by atoms with Gasteiger partial charge in [0.05, 0.1) is 11.9 Å². The average molecular weight is 663 g/mol. The van der Waals surface area contributed by atoms with Crippen LogP contribution in [0.5, 0.6) is 0 Å². The van der Waals surface area contributed by atoms with Crippen molar-refractivity contribution >= 4 is 55.1 Å². The van der Waals surface area contributed by atoms with Crippen LogP contribution in [0.2, 0.25) is 5.02 Å². The van der Waals surface area contributed by atoms with E-state index >= 15 is 0 Å². The highest BCUT2D eigenvalue weighted by molar-refractivity contribution is 9.10. The summed E-state index contributed by atoms with van der Waals surface area (Å²) in [5, 5.41) is 3.44. The van der Waals surface area contributed by atoms with E-state index in [1.165, 1.54) is 4.31 Å². The first kappa shape index (κ1) is 32.6. The molecule has 0 saturated heterocycles. The molecular weight excluding hydrogens is 626 g/mol. The normalized spacial score (nSPS) is 12.0. The molecule has 10 heteroatoms. The van der Waals surface area contributed by atoms with E-state index in [1.54, 1.807) is 30.0 Å². The summed E-state index contributed by atoms with van der Waals surface area (Å²) in [6.45, 7) is 4.60. The summed E-state index contributed by atoms with van der Waals surface area (Å²) in [6, 6.07) is 21.6. The van der Waals surface area contributed by atoms with Gasteiger partial charge in [0.15, 0.2) is 0 Å². The smallest absolute Gasteiger partial charge is 0.243 e. The van der Waals surface area contributed by atoms with Gasteiger partial charge in [-0.2, -0.15) is 0 Å². The maximum atomic E-state index is 13.9. The Morgan fingerprint density at radius 3 is 2.29 bits per heavy atom. The van der Waals surface area contributed by atoms with E-state index in [1.807, 2.05) is 61.5 Å². The second-order valence-corrected chi connectivity index (χ2v) is 13.2. The lowest BCUT2D eigenvalue weighted by atomic mass is 10.0. The predicted octanol–water partition coefficient (Wildman–Crippen LogP) is 6.12. The lowest BCUT2D eigenvalue weighted by Crippen LogP contribution is -2.50. The second kappa shape index (κ2) is 15.4. The van der Waals surface area contributed by atoms with E-state index in [4.69, 9.17) is 11.6 Å². The maximum absolute atomic E-state index is 13.9. The van der Waals surface area contributed by atoms with Crippen LogP contribution in [-0.2, 0) is 32.6 Å².